The van der Waals surface area contributed by atoms with Crippen molar-refractivity contribution in [3.63, 3.8) is 0 Å². The summed E-state index contributed by atoms with van der Waals surface area (Å²) in [6.45, 7) is 1.79. The van der Waals surface area contributed by atoms with Gasteiger partial charge in [-0.25, -0.2) is 9.37 Å². The predicted octanol–water partition coefficient (Wildman–Crippen LogP) is 2.90. The van der Waals surface area contributed by atoms with Gasteiger partial charge in [0.05, 0.1) is 11.6 Å². The third kappa shape index (κ3) is 2.87. The van der Waals surface area contributed by atoms with Gasteiger partial charge in [0.1, 0.15) is 0 Å². The molecule has 0 spiro atoms. The Kier molecular flexibility index (Phi) is 3.74. The highest BCUT2D eigenvalue weighted by molar-refractivity contribution is 5.39. The molecular weight excluding hydrogens is 245 g/mol. The van der Waals surface area contributed by atoms with Gasteiger partial charge in [0.25, 0.3) is 0 Å². The molecule has 2 N–H and O–H groups in total. The summed E-state index contributed by atoms with van der Waals surface area (Å²) in [4.78, 5) is 4.05. The van der Waals surface area contributed by atoms with E-state index in [2.05, 4.69) is 4.98 Å². The number of rotatable bonds is 3. The highest BCUT2D eigenvalue weighted by Gasteiger charge is 2.12. The zero-order chi connectivity index (χ0) is 13.8. The number of pyridine rings is 1. The standard InChI is InChI=1S/C14H12FN3O/c1-9(17)11-3-2-6-18-14(11)19-13-5-4-10(8-16)7-12(13)15/h2-7,9H,17H2,1H3/t9-/m0/s1. The van der Waals surface area contributed by atoms with E-state index in [1.807, 2.05) is 6.07 Å². The van der Waals surface area contributed by atoms with E-state index < -0.39 is 5.82 Å². The minimum absolute atomic E-state index is 0.0135. The Morgan fingerprint density at radius 2 is 2.21 bits per heavy atom. The van der Waals surface area contributed by atoms with E-state index >= 15 is 0 Å². The van der Waals surface area contributed by atoms with Crippen molar-refractivity contribution in [1.82, 2.24) is 4.98 Å². The lowest BCUT2D eigenvalue weighted by Gasteiger charge is -2.12. The fraction of sp³-hybridized carbons (Fsp3) is 0.143. The second kappa shape index (κ2) is 5.46. The van der Waals surface area contributed by atoms with Crippen molar-refractivity contribution in [1.29, 1.82) is 5.26 Å². The molecular formula is C14H12FN3O. The van der Waals surface area contributed by atoms with E-state index in [0.717, 1.165) is 6.07 Å². The largest absolute Gasteiger partial charge is 0.436 e. The molecule has 0 saturated heterocycles. The van der Waals surface area contributed by atoms with Gasteiger partial charge in [-0.2, -0.15) is 5.26 Å². The molecule has 0 unspecified atom stereocenters. The Bertz CT molecular complexity index is 635. The average molecular weight is 257 g/mol. The Hall–Kier alpha value is -2.45. The van der Waals surface area contributed by atoms with Crippen molar-refractivity contribution in [2.45, 2.75) is 13.0 Å². The Balaban J connectivity index is 2.34. The van der Waals surface area contributed by atoms with Gasteiger partial charge in [-0.05, 0) is 31.2 Å². The van der Waals surface area contributed by atoms with Gasteiger partial charge in [0.2, 0.25) is 5.88 Å². The number of aromatic nitrogens is 1. The maximum absolute atomic E-state index is 13.7. The van der Waals surface area contributed by atoms with Crippen LogP contribution >= 0.6 is 0 Å². The first-order chi connectivity index (χ1) is 9.11. The molecule has 96 valence electrons. The SMILES string of the molecule is C[C@H](N)c1cccnc1Oc1ccc(C#N)cc1F. The molecule has 1 aromatic carbocycles. The zero-order valence-corrected chi connectivity index (χ0v) is 10.3. The number of nitriles is 1. The summed E-state index contributed by atoms with van der Waals surface area (Å²) < 4.78 is 19.1. The summed E-state index contributed by atoms with van der Waals surface area (Å²) in [7, 11) is 0. The first kappa shape index (κ1) is 13.0. The lowest BCUT2D eigenvalue weighted by Crippen LogP contribution is -2.07. The van der Waals surface area contributed by atoms with Crippen LogP contribution in [0.1, 0.15) is 24.1 Å². The fourth-order valence-electron chi connectivity index (χ4n) is 1.59. The predicted molar refractivity (Wildman–Crippen MR) is 68.0 cm³/mol. The molecule has 4 nitrogen and oxygen atoms in total. The normalized spacial score (nSPS) is 11.7. The molecule has 0 aliphatic carbocycles. The van der Waals surface area contributed by atoms with Crippen molar-refractivity contribution in [3.8, 4) is 17.7 Å². The van der Waals surface area contributed by atoms with Gasteiger partial charge in [-0.1, -0.05) is 6.07 Å². The Morgan fingerprint density at radius 1 is 1.42 bits per heavy atom. The molecule has 19 heavy (non-hydrogen) atoms. The van der Waals surface area contributed by atoms with Crippen molar-refractivity contribution in [2.75, 3.05) is 0 Å². The van der Waals surface area contributed by atoms with Crippen LogP contribution in [0.3, 0.4) is 0 Å². The third-order valence-electron chi connectivity index (χ3n) is 2.56. The van der Waals surface area contributed by atoms with Crippen LogP contribution < -0.4 is 10.5 Å². The van der Waals surface area contributed by atoms with Gasteiger partial charge in [-0.15, -0.1) is 0 Å². The van der Waals surface area contributed by atoms with Crippen LogP contribution in [0.4, 0.5) is 4.39 Å². The second-order valence-electron chi connectivity index (χ2n) is 4.05. The first-order valence-corrected chi connectivity index (χ1v) is 5.70. The third-order valence-corrected chi connectivity index (χ3v) is 2.56. The van der Waals surface area contributed by atoms with E-state index in [1.54, 1.807) is 25.3 Å². The summed E-state index contributed by atoms with van der Waals surface area (Å²) >= 11 is 0. The van der Waals surface area contributed by atoms with Crippen molar-refractivity contribution in [3.05, 3.63) is 53.5 Å². The monoisotopic (exact) mass is 257 g/mol. The molecule has 1 atom stereocenters. The van der Waals surface area contributed by atoms with E-state index in [4.69, 9.17) is 15.7 Å². The maximum Gasteiger partial charge on any atom is 0.224 e. The van der Waals surface area contributed by atoms with Gasteiger partial charge >= 0.3 is 0 Å². The zero-order valence-electron chi connectivity index (χ0n) is 10.3. The fourth-order valence-corrected chi connectivity index (χ4v) is 1.59. The minimum Gasteiger partial charge on any atom is -0.436 e. The van der Waals surface area contributed by atoms with Crippen LogP contribution in [-0.2, 0) is 0 Å². The van der Waals surface area contributed by atoms with Gasteiger partial charge in [-0.3, -0.25) is 0 Å². The van der Waals surface area contributed by atoms with Crippen LogP contribution in [0.5, 0.6) is 11.6 Å². The van der Waals surface area contributed by atoms with E-state index in [1.165, 1.54) is 12.1 Å². The number of benzene rings is 1. The van der Waals surface area contributed by atoms with E-state index in [0.29, 0.717) is 5.56 Å². The smallest absolute Gasteiger partial charge is 0.224 e. The molecule has 0 amide bonds. The molecule has 0 aliphatic heterocycles. The Morgan fingerprint density at radius 3 is 2.84 bits per heavy atom. The number of nitrogens with zero attached hydrogens (tertiary/aromatic N) is 2. The molecule has 2 rings (SSSR count). The maximum atomic E-state index is 13.7. The first-order valence-electron chi connectivity index (χ1n) is 5.70. The van der Waals surface area contributed by atoms with Gasteiger partial charge < -0.3 is 10.5 Å². The number of hydrogen-bond donors (Lipinski definition) is 1. The highest BCUT2D eigenvalue weighted by Crippen LogP contribution is 2.28. The molecule has 0 fully saturated rings. The van der Waals surface area contributed by atoms with E-state index in [9.17, 15) is 4.39 Å². The van der Waals surface area contributed by atoms with Gasteiger partial charge in [0.15, 0.2) is 11.6 Å². The molecule has 0 bridgehead atoms. The average Bonchev–Trinajstić information content (AvgIpc) is 2.41. The van der Waals surface area contributed by atoms with Crippen LogP contribution in [-0.4, -0.2) is 4.98 Å². The summed E-state index contributed by atoms with van der Waals surface area (Å²) in [5.74, 6) is -0.332. The van der Waals surface area contributed by atoms with Crippen LogP contribution in [0.25, 0.3) is 0 Å². The summed E-state index contributed by atoms with van der Waals surface area (Å²) in [6.07, 6.45) is 1.54. The number of hydrogen-bond acceptors (Lipinski definition) is 4. The van der Waals surface area contributed by atoms with Crippen LogP contribution in [0, 0.1) is 17.1 Å². The van der Waals surface area contributed by atoms with Crippen molar-refractivity contribution >= 4 is 0 Å². The number of halogens is 1. The number of ether oxygens (including phenoxy) is 1. The van der Waals surface area contributed by atoms with Crippen LogP contribution in [0.2, 0.25) is 0 Å². The lowest BCUT2D eigenvalue weighted by molar-refractivity contribution is 0.419. The summed E-state index contributed by atoms with van der Waals surface area (Å²) in [5.41, 5.74) is 6.72. The minimum atomic E-state index is -0.611. The van der Waals surface area contributed by atoms with Crippen molar-refractivity contribution in [2.24, 2.45) is 5.73 Å². The Labute approximate surface area is 110 Å². The molecule has 0 radical (unpaired) electrons. The number of nitrogens with two attached hydrogens (primary N) is 1. The second-order valence-corrected chi connectivity index (χ2v) is 4.05. The van der Waals surface area contributed by atoms with E-state index in [-0.39, 0.29) is 23.2 Å². The molecule has 5 heteroatoms. The highest BCUT2D eigenvalue weighted by atomic mass is 19.1. The summed E-state index contributed by atoms with van der Waals surface area (Å²) in [5, 5.41) is 8.67. The topological polar surface area (TPSA) is 71.9 Å². The lowest BCUT2D eigenvalue weighted by atomic mass is 10.1. The molecule has 0 saturated carbocycles. The molecule has 2 aromatic rings. The van der Waals surface area contributed by atoms with Crippen LogP contribution in [0.15, 0.2) is 36.5 Å². The van der Waals surface area contributed by atoms with Gasteiger partial charge in [0, 0.05) is 17.8 Å². The molecule has 0 aliphatic rings. The molecule has 1 aromatic heterocycles. The summed E-state index contributed by atoms with van der Waals surface area (Å²) in [6, 6.07) is 9.08. The molecule has 1 heterocycles. The van der Waals surface area contributed by atoms with Crippen molar-refractivity contribution < 1.29 is 9.13 Å². The quantitative estimate of drug-likeness (QED) is 0.917.